The van der Waals surface area contributed by atoms with Gasteiger partial charge in [0.2, 0.25) is 11.8 Å². The van der Waals surface area contributed by atoms with Crippen molar-refractivity contribution in [2.24, 2.45) is 0 Å². The monoisotopic (exact) mass is 362 g/mol. The number of amides is 2. The van der Waals surface area contributed by atoms with Gasteiger partial charge in [-0.25, -0.2) is 0 Å². The normalized spacial score (nSPS) is 21.0. The summed E-state index contributed by atoms with van der Waals surface area (Å²) in [7, 11) is 1.59. The zero-order chi connectivity index (χ0) is 18.4. The summed E-state index contributed by atoms with van der Waals surface area (Å²) < 4.78 is 16.3. The van der Waals surface area contributed by atoms with E-state index in [4.69, 9.17) is 14.2 Å². The fraction of sp³-hybridized carbons (Fsp3) is 0.579. The van der Waals surface area contributed by atoms with E-state index in [1.54, 1.807) is 16.9 Å². The summed E-state index contributed by atoms with van der Waals surface area (Å²) >= 11 is 0. The molecule has 1 aromatic rings. The molecule has 0 saturated carbocycles. The Bertz CT molecular complexity index is 630. The van der Waals surface area contributed by atoms with Crippen molar-refractivity contribution in [3.63, 3.8) is 0 Å². The van der Waals surface area contributed by atoms with E-state index < -0.39 is 0 Å². The van der Waals surface area contributed by atoms with Gasteiger partial charge in [-0.1, -0.05) is 6.07 Å². The van der Waals surface area contributed by atoms with Crippen LogP contribution < -0.4 is 9.64 Å². The van der Waals surface area contributed by atoms with E-state index in [0.29, 0.717) is 25.4 Å². The Hall–Kier alpha value is -2.12. The Labute approximate surface area is 153 Å². The van der Waals surface area contributed by atoms with Crippen LogP contribution in [0.2, 0.25) is 0 Å². The number of piperazine rings is 1. The molecule has 0 unspecified atom stereocenters. The number of nitrogens with zero attached hydrogens (tertiary/aromatic N) is 2. The van der Waals surface area contributed by atoms with Gasteiger partial charge >= 0.3 is 0 Å². The Kier molecular flexibility index (Phi) is 6.46. The molecule has 2 heterocycles. The summed E-state index contributed by atoms with van der Waals surface area (Å²) in [6.45, 7) is 2.21. The van der Waals surface area contributed by atoms with E-state index in [9.17, 15) is 9.59 Å². The second kappa shape index (κ2) is 9.00. The molecule has 2 amide bonds. The Morgan fingerprint density at radius 2 is 2.19 bits per heavy atom. The third-order valence-electron chi connectivity index (χ3n) is 4.74. The molecule has 2 fully saturated rings. The van der Waals surface area contributed by atoms with E-state index in [0.717, 1.165) is 31.6 Å². The maximum atomic E-state index is 12.5. The van der Waals surface area contributed by atoms with Crippen LogP contribution in [0.1, 0.15) is 19.3 Å². The van der Waals surface area contributed by atoms with Crippen molar-refractivity contribution in [3.8, 4) is 5.75 Å². The first kappa shape index (κ1) is 18.7. The zero-order valence-electron chi connectivity index (χ0n) is 15.2. The smallest absolute Gasteiger partial charge is 0.249 e. The summed E-state index contributed by atoms with van der Waals surface area (Å²) in [5.41, 5.74) is 0.784. The number of anilines is 1. The molecular formula is C19H26N2O5. The van der Waals surface area contributed by atoms with Crippen LogP contribution >= 0.6 is 0 Å². The first-order valence-electron chi connectivity index (χ1n) is 9.09. The van der Waals surface area contributed by atoms with Gasteiger partial charge in [0.25, 0.3) is 0 Å². The number of hydrogen-bond acceptors (Lipinski definition) is 5. The maximum Gasteiger partial charge on any atom is 0.249 e. The van der Waals surface area contributed by atoms with E-state index in [1.165, 1.54) is 0 Å². The molecule has 0 radical (unpaired) electrons. The van der Waals surface area contributed by atoms with Crippen molar-refractivity contribution in [1.29, 1.82) is 0 Å². The van der Waals surface area contributed by atoms with Gasteiger partial charge in [0.05, 0.1) is 19.8 Å². The van der Waals surface area contributed by atoms with Crippen molar-refractivity contribution in [2.75, 3.05) is 51.5 Å². The van der Waals surface area contributed by atoms with E-state index in [-0.39, 0.29) is 31.1 Å². The number of hydrogen-bond donors (Lipinski definition) is 0. The molecule has 2 aliphatic rings. The fourth-order valence-electron chi connectivity index (χ4n) is 3.25. The predicted octanol–water partition coefficient (Wildman–Crippen LogP) is 1.46. The minimum atomic E-state index is -0.153. The first-order valence-corrected chi connectivity index (χ1v) is 9.09. The van der Waals surface area contributed by atoms with Crippen LogP contribution in [-0.2, 0) is 19.1 Å². The molecule has 1 aromatic carbocycles. The van der Waals surface area contributed by atoms with Crippen LogP contribution in [-0.4, -0.2) is 69.4 Å². The lowest BCUT2D eigenvalue weighted by molar-refractivity contribution is -0.142. The average Bonchev–Trinajstić information content (AvgIpc) is 2.68. The Balaban J connectivity index is 1.46. The van der Waals surface area contributed by atoms with Gasteiger partial charge in [0.15, 0.2) is 0 Å². The van der Waals surface area contributed by atoms with Gasteiger partial charge in [0, 0.05) is 31.5 Å². The number of rotatable bonds is 6. The van der Waals surface area contributed by atoms with Crippen LogP contribution in [0, 0.1) is 0 Å². The number of methoxy groups -OCH3 is 1. The molecule has 1 atom stereocenters. The van der Waals surface area contributed by atoms with E-state index in [1.807, 2.05) is 24.3 Å². The number of benzene rings is 1. The first-order chi connectivity index (χ1) is 12.7. The molecule has 2 saturated heterocycles. The van der Waals surface area contributed by atoms with Gasteiger partial charge in [-0.2, -0.15) is 0 Å². The Morgan fingerprint density at radius 1 is 1.31 bits per heavy atom. The molecule has 142 valence electrons. The largest absolute Gasteiger partial charge is 0.497 e. The second-order valence-electron chi connectivity index (χ2n) is 6.57. The summed E-state index contributed by atoms with van der Waals surface area (Å²) in [5, 5.41) is 0. The number of carbonyl (C=O) groups excluding carboxylic acids is 2. The molecule has 26 heavy (non-hydrogen) atoms. The quantitative estimate of drug-likeness (QED) is 0.766. The molecular weight excluding hydrogens is 336 g/mol. The standard InChI is InChI=1S/C19H26N2O5/c1-24-16-7-4-5-15(11-16)21-9-8-20(12-18(21)22)19(23)14-25-13-17-6-2-3-10-26-17/h4-5,7,11,17H,2-3,6,8-10,12-14H2,1H3/t17-/m1/s1. The van der Waals surface area contributed by atoms with Gasteiger partial charge in [0.1, 0.15) is 18.9 Å². The average molecular weight is 362 g/mol. The van der Waals surface area contributed by atoms with Crippen molar-refractivity contribution < 1.29 is 23.8 Å². The molecule has 2 aliphatic heterocycles. The van der Waals surface area contributed by atoms with Crippen LogP contribution in [0.5, 0.6) is 5.75 Å². The molecule has 7 nitrogen and oxygen atoms in total. The topological polar surface area (TPSA) is 68.3 Å². The lowest BCUT2D eigenvalue weighted by Gasteiger charge is -2.34. The zero-order valence-corrected chi connectivity index (χ0v) is 15.2. The maximum absolute atomic E-state index is 12.5. The predicted molar refractivity (Wildman–Crippen MR) is 96.3 cm³/mol. The van der Waals surface area contributed by atoms with E-state index >= 15 is 0 Å². The minimum Gasteiger partial charge on any atom is -0.497 e. The summed E-state index contributed by atoms with van der Waals surface area (Å²) in [4.78, 5) is 28.0. The van der Waals surface area contributed by atoms with Crippen molar-refractivity contribution >= 4 is 17.5 Å². The highest BCUT2D eigenvalue weighted by Gasteiger charge is 2.28. The SMILES string of the molecule is COc1cccc(N2CCN(C(=O)COC[C@H]3CCCCO3)CC2=O)c1. The third kappa shape index (κ3) is 4.74. The van der Waals surface area contributed by atoms with Crippen LogP contribution in [0.25, 0.3) is 0 Å². The van der Waals surface area contributed by atoms with Crippen LogP contribution in [0.15, 0.2) is 24.3 Å². The Morgan fingerprint density at radius 3 is 2.92 bits per heavy atom. The highest BCUT2D eigenvalue weighted by Crippen LogP contribution is 2.22. The fourth-order valence-corrected chi connectivity index (χ4v) is 3.25. The summed E-state index contributed by atoms with van der Waals surface area (Å²) in [6.07, 6.45) is 3.30. The highest BCUT2D eigenvalue weighted by molar-refractivity contribution is 5.98. The molecule has 3 rings (SSSR count). The molecule has 0 aromatic heterocycles. The molecule has 0 N–H and O–H groups in total. The molecule has 0 spiro atoms. The van der Waals surface area contributed by atoms with Gasteiger partial charge in [-0.15, -0.1) is 0 Å². The number of ether oxygens (including phenoxy) is 3. The second-order valence-corrected chi connectivity index (χ2v) is 6.57. The third-order valence-corrected chi connectivity index (χ3v) is 4.74. The van der Waals surface area contributed by atoms with Crippen molar-refractivity contribution in [2.45, 2.75) is 25.4 Å². The minimum absolute atomic E-state index is 0.00764. The molecule has 0 bridgehead atoms. The van der Waals surface area contributed by atoms with Gasteiger partial charge in [-0.05, 0) is 31.4 Å². The lowest BCUT2D eigenvalue weighted by atomic mass is 10.1. The molecule has 7 heteroatoms. The van der Waals surface area contributed by atoms with Crippen molar-refractivity contribution in [3.05, 3.63) is 24.3 Å². The van der Waals surface area contributed by atoms with Crippen molar-refractivity contribution in [1.82, 2.24) is 4.90 Å². The highest BCUT2D eigenvalue weighted by atomic mass is 16.5. The van der Waals surface area contributed by atoms with Crippen LogP contribution in [0.3, 0.4) is 0 Å². The van der Waals surface area contributed by atoms with Gasteiger partial charge < -0.3 is 24.0 Å². The molecule has 0 aliphatic carbocycles. The summed E-state index contributed by atoms with van der Waals surface area (Å²) in [5.74, 6) is 0.444. The van der Waals surface area contributed by atoms with Crippen LogP contribution in [0.4, 0.5) is 5.69 Å². The summed E-state index contributed by atoms with van der Waals surface area (Å²) in [6, 6.07) is 7.37. The van der Waals surface area contributed by atoms with E-state index in [2.05, 4.69) is 0 Å². The van der Waals surface area contributed by atoms with Gasteiger partial charge in [-0.3, -0.25) is 9.59 Å². The lowest BCUT2D eigenvalue weighted by Crippen LogP contribution is -2.53. The number of carbonyl (C=O) groups is 2.